The van der Waals surface area contributed by atoms with Crippen LogP contribution in [0.2, 0.25) is 0 Å². The summed E-state index contributed by atoms with van der Waals surface area (Å²) in [7, 11) is 0. The highest BCUT2D eigenvalue weighted by molar-refractivity contribution is 5.84. The Morgan fingerprint density at radius 2 is 1.43 bits per heavy atom. The number of amides is 1. The molecular formula is C19H37NO3. The second kappa shape index (κ2) is 13.4. The zero-order chi connectivity index (χ0) is 17.7. The molecule has 0 bridgehead atoms. The molecule has 1 amide bonds. The predicted molar refractivity (Wildman–Crippen MR) is 95.3 cm³/mol. The molecule has 2 atom stereocenters. The molecule has 0 heterocycles. The summed E-state index contributed by atoms with van der Waals surface area (Å²) < 4.78 is 5.47. The zero-order valence-corrected chi connectivity index (χ0v) is 15.9. The molecule has 0 aromatic heterocycles. The summed E-state index contributed by atoms with van der Waals surface area (Å²) in [6.45, 7) is 11.6. The fourth-order valence-corrected chi connectivity index (χ4v) is 2.55. The van der Waals surface area contributed by atoms with E-state index < -0.39 is 6.10 Å². The first-order chi connectivity index (χ1) is 11.0. The average molecular weight is 328 g/mol. The molecule has 0 aliphatic heterocycles. The lowest BCUT2D eigenvalue weighted by atomic mass is 10.00. The van der Waals surface area contributed by atoms with Gasteiger partial charge in [-0.05, 0) is 32.6 Å². The normalized spacial score (nSPS) is 13.4. The van der Waals surface area contributed by atoms with E-state index in [2.05, 4.69) is 20.8 Å². The van der Waals surface area contributed by atoms with Crippen LogP contribution in [-0.2, 0) is 14.3 Å². The number of esters is 1. The van der Waals surface area contributed by atoms with Gasteiger partial charge in [0, 0.05) is 13.1 Å². The molecular weight excluding hydrogens is 290 g/mol. The summed E-state index contributed by atoms with van der Waals surface area (Å²) >= 11 is 0. The first-order valence-electron chi connectivity index (χ1n) is 9.50. The van der Waals surface area contributed by atoms with Crippen molar-refractivity contribution < 1.29 is 14.3 Å². The molecule has 23 heavy (non-hydrogen) atoms. The van der Waals surface area contributed by atoms with E-state index in [-0.39, 0.29) is 17.8 Å². The minimum Gasteiger partial charge on any atom is -0.452 e. The third-order valence-corrected chi connectivity index (χ3v) is 4.25. The fourth-order valence-electron chi connectivity index (χ4n) is 2.55. The van der Waals surface area contributed by atoms with Gasteiger partial charge in [0.2, 0.25) is 0 Å². The van der Waals surface area contributed by atoms with Crippen LogP contribution >= 0.6 is 0 Å². The van der Waals surface area contributed by atoms with Crippen molar-refractivity contribution in [2.45, 2.75) is 92.1 Å². The van der Waals surface area contributed by atoms with E-state index in [1.807, 2.05) is 11.8 Å². The number of unbranched alkanes of at least 4 members (excludes halogenated alkanes) is 3. The summed E-state index contributed by atoms with van der Waals surface area (Å²) in [5.41, 5.74) is 0. The van der Waals surface area contributed by atoms with Crippen LogP contribution in [0.15, 0.2) is 0 Å². The van der Waals surface area contributed by atoms with E-state index in [1.54, 1.807) is 6.92 Å². The standard InChI is InChI=1S/C19H37NO3/c1-6-10-13-17(9-4)19(22)23-16(5)18(21)20(14-11-7-2)15-12-8-3/h16-17H,6-15H2,1-5H3/t16-,17+/m0/s1. The number of ether oxygens (including phenoxy) is 1. The Balaban J connectivity index is 4.59. The van der Waals surface area contributed by atoms with E-state index >= 15 is 0 Å². The molecule has 0 radical (unpaired) electrons. The Morgan fingerprint density at radius 1 is 0.913 bits per heavy atom. The first-order valence-corrected chi connectivity index (χ1v) is 9.50. The van der Waals surface area contributed by atoms with E-state index in [0.717, 1.165) is 64.5 Å². The van der Waals surface area contributed by atoms with Crippen LogP contribution < -0.4 is 0 Å². The summed E-state index contributed by atoms with van der Waals surface area (Å²) in [5.74, 6) is -0.344. The quantitative estimate of drug-likeness (QED) is 0.466. The van der Waals surface area contributed by atoms with Gasteiger partial charge in [-0.15, -0.1) is 0 Å². The van der Waals surface area contributed by atoms with Crippen LogP contribution in [-0.4, -0.2) is 36.0 Å². The van der Waals surface area contributed by atoms with Gasteiger partial charge in [0.05, 0.1) is 5.92 Å². The lowest BCUT2D eigenvalue weighted by molar-refractivity contribution is -0.163. The molecule has 0 saturated heterocycles. The van der Waals surface area contributed by atoms with Gasteiger partial charge in [0.1, 0.15) is 0 Å². The topological polar surface area (TPSA) is 46.6 Å². The molecule has 0 fully saturated rings. The van der Waals surface area contributed by atoms with Gasteiger partial charge >= 0.3 is 5.97 Å². The van der Waals surface area contributed by atoms with Crippen LogP contribution in [0.25, 0.3) is 0 Å². The SMILES string of the molecule is CCCC[C@@H](CC)C(=O)O[C@@H](C)C(=O)N(CCCC)CCCC. The molecule has 136 valence electrons. The van der Waals surface area contributed by atoms with Gasteiger partial charge in [-0.1, -0.05) is 53.4 Å². The maximum absolute atomic E-state index is 12.6. The Labute approximate surface area is 143 Å². The lowest BCUT2D eigenvalue weighted by Gasteiger charge is -2.26. The average Bonchev–Trinajstić information content (AvgIpc) is 2.55. The van der Waals surface area contributed by atoms with E-state index in [0.29, 0.717) is 0 Å². The third kappa shape index (κ3) is 8.97. The van der Waals surface area contributed by atoms with Crippen molar-refractivity contribution in [1.82, 2.24) is 4.90 Å². The summed E-state index contributed by atoms with van der Waals surface area (Å²) in [6.07, 6.45) is 7.13. The number of rotatable bonds is 13. The van der Waals surface area contributed by atoms with E-state index in [4.69, 9.17) is 4.74 Å². The molecule has 0 aromatic rings. The molecule has 0 aromatic carbocycles. The maximum Gasteiger partial charge on any atom is 0.309 e. The minimum atomic E-state index is -0.674. The van der Waals surface area contributed by atoms with E-state index in [1.165, 1.54) is 0 Å². The van der Waals surface area contributed by atoms with Crippen molar-refractivity contribution in [2.24, 2.45) is 5.92 Å². The van der Waals surface area contributed by atoms with Crippen molar-refractivity contribution >= 4 is 11.9 Å². The largest absolute Gasteiger partial charge is 0.452 e. The third-order valence-electron chi connectivity index (χ3n) is 4.25. The molecule has 0 aliphatic carbocycles. The predicted octanol–water partition coefficient (Wildman–Crippen LogP) is 4.56. The number of hydrogen-bond donors (Lipinski definition) is 0. The van der Waals surface area contributed by atoms with Crippen LogP contribution in [0.4, 0.5) is 0 Å². The van der Waals surface area contributed by atoms with Gasteiger partial charge in [0.15, 0.2) is 6.10 Å². The fraction of sp³-hybridized carbons (Fsp3) is 0.895. The number of nitrogens with zero attached hydrogens (tertiary/aromatic N) is 1. The molecule has 0 rings (SSSR count). The van der Waals surface area contributed by atoms with Crippen molar-refractivity contribution in [2.75, 3.05) is 13.1 Å². The van der Waals surface area contributed by atoms with Crippen LogP contribution in [0, 0.1) is 5.92 Å². The lowest BCUT2D eigenvalue weighted by Crippen LogP contribution is -2.41. The summed E-state index contributed by atoms with van der Waals surface area (Å²) in [5, 5.41) is 0. The van der Waals surface area contributed by atoms with Gasteiger partial charge in [-0.25, -0.2) is 0 Å². The molecule has 0 unspecified atom stereocenters. The van der Waals surface area contributed by atoms with Crippen molar-refractivity contribution in [3.05, 3.63) is 0 Å². The summed E-state index contributed by atoms with van der Waals surface area (Å²) in [6, 6.07) is 0. The number of carbonyl (C=O) groups excluding carboxylic acids is 2. The minimum absolute atomic E-state index is 0.0504. The highest BCUT2D eigenvalue weighted by Crippen LogP contribution is 2.16. The molecule has 0 aliphatic rings. The maximum atomic E-state index is 12.6. The number of carbonyl (C=O) groups is 2. The van der Waals surface area contributed by atoms with Gasteiger partial charge in [-0.3, -0.25) is 9.59 Å². The number of hydrogen-bond acceptors (Lipinski definition) is 3. The van der Waals surface area contributed by atoms with Crippen LogP contribution in [0.5, 0.6) is 0 Å². The molecule has 4 heteroatoms. The zero-order valence-electron chi connectivity index (χ0n) is 15.9. The second-order valence-electron chi connectivity index (χ2n) is 6.36. The van der Waals surface area contributed by atoms with Crippen molar-refractivity contribution in [3.63, 3.8) is 0 Å². The highest BCUT2D eigenvalue weighted by atomic mass is 16.5. The van der Waals surface area contributed by atoms with Crippen LogP contribution in [0.1, 0.15) is 86.0 Å². The summed E-state index contributed by atoms with van der Waals surface area (Å²) in [4.78, 5) is 26.7. The van der Waals surface area contributed by atoms with Crippen molar-refractivity contribution in [3.8, 4) is 0 Å². The van der Waals surface area contributed by atoms with E-state index in [9.17, 15) is 9.59 Å². The molecule has 0 spiro atoms. The Kier molecular flexibility index (Phi) is 12.8. The Hall–Kier alpha value is -1.06. The smallest absolute Gasteiger partial charge is 0.309 e. The van der Waals surface area contributed by atoms with Gasteiger partial charge < -0.3 is 9.64 Å². The molecule has 0 N–H and O–H groups in total. The van der Waals surface area contributed by atoms with Gasteiger partial charge in [0.25, 0.3) is 5.91 Å². The van der Waals surface area contributed by atoms with Gasteiger partial charge in [-0.2, -0.15) is 0 Å². The molecule has 0 saturated carbocycles. The van der Waals surface area contributed by atoms with Crippen molar-refractivity contribution in [1.29, 1.82) is 0 Å². The monoisotopic (exact) mass is 327 g/mol. The molecule has 4 nitrogen and oxygen atoms in total. The Morgan fingerprint density at radius 3 is 1.87 bits per heavy atom. The first kappa shape index (κ1) is 21.9. The Bertz CT molecular complexity index is 323. The highest BCUT2D eigenvalue weighted by Gasteiger charge is 2.26. The van der Waals surface area contributed by atoms with Crippen LogP contribution in [0.3, 0.4) is 0 Å². The second-order valence-corrected chi connectivity index (χ2v) is 6.36.